The van der Waals surface area contributed by atoms with E-state index in [9.17, 15) is 0 Å². The van der Waals surface area contributed by atoms with Gasteiger partial charge in [-0.3, -0.25) is 0 Å². The molecule has 2 rings (SSSR count). The molecular formula is C28H38. The fourth-order valence-electron chi connectivity index (χ4n) is 3.51. The number of hydrogen-bond acceptors (Lipinski definition) is 0. The van der Waals surface area contributed by atoms with E-state index in [2.05, 4.69) is 90.8 Å². The number of benzene rings is 2. The van der Waals surface area contributed by atoms with Crippen molar-refractivity contribution < 1.29 is 0 Å². The zero-order chi connectivity index (χ0) is 20.9. The Balaban J connectivity index is 2.30. The third kappa shape index (κ3) is 6.27. The first kappa shape index (κ1) is 22.3. The molecule has 0 N–H and O–H groups in total. The minimum Gasteiger partial charge on any atom is -0.115 e. The van der Waals surface area contributed by atoms with Crippen molar-refractivity contribution in [1.29, 1.82) is 0 Å². The second kappa shape index (κ2) is 9.00. The lowest BCUT2D eigenvalue weighted by Gasteiger charge is -2.26. The summed E-state index contributed by atoms with van der Waals surface area (Å²) in [5.41, 5.74) is 8.36. The Morgan fingerprint density at radius 2 is 1.14 bits per heavy atom. The van der Waals surface area contributed by atoms with Crippen molar-refractivity contribution in [2.45, 2.75) is 91.4 Å². The number of terminal acetylenes is 1. The quantitative estimate of drug-likeness (QED) is 0.462. The highest BCUT2D eigenvalue weighted by atomic mass is 14.2. The molecule has 0 saturated carbocycles. The van der Waals surface area contributed by atoms with Crippen LogP contribution in [0.3, 0.4) is 0 Å². The van der Waals surface area contributed by atoms with E-state index in [1.807, 2.05) is 0 Å². The van der Waals surface area contributed by atoms with Crippen LogP contribution in [0.25, 0.3) is 0 Å². The van der Waals surface area contributed by atoms with Crippen LogP contribution in [0.4, 0.5) is 0 Å². The van der Waals surface area contributed by atoms with Crippen molar-refractivity contribution in [3.05, 3.63) is 69.8 Å². The molecule has 0 spiro atoms. The molecule has 0 radical (unpaired) electrons. The molecule has 2 aromatic rings. The van der Waals surface area contributed by atoms with Gasteiger partial charge in [-0.25, -0.2) is 0 Å². The maximum atomic E-state index is 5.71. The second-order valence-corrected chi connectivity index (χ2v) is 10.2. The Labute approximate surface area is 173 Å². The van der Waals surface area contributed by atoms with Gasteiger partial charge in [0.25, 0.3) is 0 Å². The van der Waals surface area contributed by atoms with Gasteiger partial charge in [-0.1, -0.05) is 85.1 Å². The first-order chi connectivity index (χ1) is 13.0. The third-order valence-electron chi connectivity index (χ3n) is 5.47. The first-order valence-corrected chi connectivity index (χ1v) is 10.8. The molecule has 0 aliphatic heterocycles. The number of hydrogen-bond donors (Lipinski definition) is 0. The number of rotatable bonds is 6. The number of unbranched alkanes of at least 4 members (excludes halogenated alkanes) is 1. The smallest absolute Gasteiger partial charge is 0.0248 e. The van der Waals surface area contributed by atoms with E-state index in [0.29, 0.717) is 0 Å². The van der Waals surface area contributed by atoms with Gasteiger partial charge in [0.1, 0.15) is 0 Å². The minimum absolute atomic E-state index is 0.159. The van der Waals surface area contributed by atoms with Gasteiger partial charge in [-0.05, 0) is 76.5 Å². The highest BCUT2D eigenvalue weighted by Crippen LogP contribution is 2.30. The Morgan fingerprint density at radius 1 is 0.679 bits per heavy atom. The van der Waals surface area contributed by atoms with Crippen LogP contribution in [0.15, 0.2) is 36.4 Å². The zero-order valence-electron chi connectivity index (χ0n) is 19.1. The molecule has 0 aromatic heterocycles. The van der Waals surface area contributed by atoms with Gasteiger partial charge in [0.05, 0.1) is 0 Å². The van der Waals surface area contributed by atoms with Crippen LogP contribution >= 0.6 is 0 Å². The summed E-state index contributed by atoms with van der Waals surface area (Å²) in [7, 11) is 0. The van der Waals surface area contributed by atoms with Gasteiger partial charge in [0, 0.05) is 5.56 Å². The highest BCUT2D eigenvalue weighted by Gasteiger charge is 2.20. The van der Waals surface area contributed by atoms with Crippen LogP contribution in [-0.4, -0.2) is 0 Å². The lowest BCUT2D eigenvalue weighted by molar-refractivity contribution is 0.566. The van der Waals surface area contributed by atoms with Crippen LogP contribution in [0, 0.1) is 12.3 Å². The molecular weight excluding hydrogens is 336 g/mol. The molecule has 0 unspecified atom stereocenters. The number of aryl methyl sites for hydroxylation is 3. The van der Waals surface area contributed by atoms with Gasteiger partial charge in [0.15, 0.2) is 0 Å². The molecule has 28 heavy (non-hydrogen) atoms. The Morgan fingerprint density at radius 3 is 1.57 bits per heavy atom. The molecule has 2 aromatic carbocycles. The predicted molar refractivity (Wildman–Crippen MR) is 124 cm³/mol. The molecule has 0 heterocycles. The zero-order valence-corrected chi connectivity index (χ0v) is 19.1. The molecule has 0 bridgehead atoms. The summed E-state index contributed by atoms with van der Waals surface area (Å²) in [5, 5.41) is 0. The van der Waals surface area contributed by atoms with Crippen molar-refractivity contribution in [2.24, 2.45) is 0 Å². The lowest BCUT2D eigenvalue weighted by atomic mass is 9.79. The van der Waals surface area contributed by atoms with Crippen LogP contribution < -0.4 is 0 Å². The summed E-state index contributed by atoms with van der Waals surface area (Å²) in [6, 6.07) is 13.9. The molecule has 0 amide bonds. The van der Waals surface area contributed by atoms with E-state index < -0.39 is 0 Å². The normalized spacial score (nSPS) is 12.1. The van der Waals surface area contributed by atoms with E-state index in [1.54, 1.807) is 0 Å². The van der Waals surface area contributed by atoms with E-state index in [4.69, 9.17) is 6.42 Å². The van der Waals surface area contributed by atoms with Crippen molar-refractivity contribution in [2.75, 3.05) is 0 Å². The monoisotopic (exact) mass is 374 g/mol. The van der Waals surface area contributed by atoms with Gasteiger partial charge in [-0.15, -0.1) is 6.42 Å². The summed E-state index contributed by atoms with van der Waals surface area (Å²) in [4.78, 5) is 0. The molecule has 0 heteroatoms. The Kier molecular flexibility index (Phi) is 7.16. The first-order valence-electron chi connectivity index (χ1n) is 10.8. The van der Waals surface area contributed by atoms with Crippen LogP contribution in [0.2, 0.25) is 0 Å². The topological polar surface area (TPSA) is 0 Å². The molecule has 0 fully saturated rings. The average molecular weight is 375 g/mol. The van der Waals surface area contributed by atoms with Gasteiger partial charge >= 0.3 is 0 Å². The maximum Gasteiger partial charge on any atom is 0.0248 e. The maximum absolute atomic E-state index is 5.71. The Hall–Kier alpha value is -2.00. The van der Waals surface area contributed by atoms with Crippen molar-refractivity contribution >= 4 is 0 Å². The fourth-order valence-corrected chi connectivity index (χ4v) is 3.51. The van der Waals surface area contributed by atoms with Gasteiger partial charge in [0.2, 0.25) is 0 Å². The summed E-state index contributed by atoms with van der Waals surface area (Å²) < 4.78 is 0. The fraction of sp³-hybridized carbons (Fsp3) is 0.500. The molecule has 0 aliphatic rings. The van der Waals surface area contributed by atoms with Crippen LogP contribution in [-0.2, 0) is 30.1 Å². The average Bonchev–Trinajstić information content (AvgIpc) is 2.63. The van der Waals surface area contributed by atoms with E-state index >= 15 is 0 Å². The second-order valence-electron chi connectivity index (χ2n) is 10.2. The van der Waals surface area contributed by atoms with Crippen LogP contribution in [0.5, 0.6) is 0 Å². The van der Waals surface area contributed by atoms with Crippen molar-refractivity contribution in [1.82, 2.24) is 0 Å². The van der Waals surface area contributed by atoms with Crippen molar-refractivity contribution in [3.8, 4) is 12.3 Å². The van der Waals surface area contributed by atoms with Gasteiger partial charge in [-0.2, -0.15) is 0 Å². The SMILES string of the molecule is C#Cc1cc(CCCC)cc(CCc2cc(C(C)(C)C)cc(C(C)(C)C)c2)c1. The summed E-state index contributed by atoms with van der Waals surface area (Å²) >= 11 is 0. The molecule has 0 nitrogen and oxygen atoms in total. The molecule has 0 atom stereocenters. The van der Waals surface area contributed by atoms with Gasteiger partial charge < -0.3 is 0 Å². The highest BCUT2D eigenvalue weighted by molar-refractivity contribution is 5.41. The van der Waals surface area contributed by atoms with Crippen LogP contribution in [0.1, 0.15) is 94.7 Å². The molecule has 150 valence electrons. The summed E-state index contributed by atoms with van der Waals surface area (Å²) in [6.07, 6.45) is 11.3. The van der Waals surface area contributed by atoms with Crippen molar-refractivity contribution in [3.63, 3.8) is 0 Å². The lowest BCUT2D eigenvalue weighted by Crippen LogP contribution is -2.17. The summed E-state index contributed by atoms with van der Waals surface area (Å²) in [6.45, 7) is 16.0. The van der Waals surface area contributed by atoms with E-state index in [-0.39, 0.29) is 10.8 Å². The third-order valence-corrected chi connectivity index (χ3v) is 5.47. The minimum atomic E-state index is 0.159. The summed E-state index contributed by atoms with van der Waals surface area (Å²) in [5.74, 6) is 2.84. The molecule has 0 saturated heterocycles. The predicted octanol–water partition coefficient (Wildman–Crippen LogP) is 7.39. The molecule has 0 aliphatic carbocycles. The van der Waals surface area contributed by atoms with E-state index in [0.717, 1.165) is 24.8 Å². The Bertz CT molecular complexity index is 800. The van der Waals surface area contributed by atoms with E-state index in [1.165, 1.54) is 40.7 Å². The largest absolute Gasteiger partial charge is 0.115 e. The standard InChI is InChI=1S/C28H38/c1-9-11-12-22-15-21(10-2)16-23(17-22)13-14-24-18-25(27(3,4)5)20-26(19-24)28(6,7)8/h2,15-20H,9,11-14H2,1,3-8H3.